The van der Waals surface area contributed by atoms with Gasteiger partial charge in [-0.2, -0.15) is 13.2 Å². The van der Waals surface area contributed by atoms with Crippen LogP contribution in [0.25, 0.3) is 33.6 Å². The molecule has 1 atom stereocenters. The summed E-state index contributed by atoms with van der Waals surface area (Å²) in [6.07, 6.45) is -3.01. The van der Waals surface area contributed by atoms with E-state index in [-0.39, 0.29) is 23.3 Å². The zero-order valence-corrected chi connectivity index (χ0v) is 18.9. The number of oxazole rings is 1. The van der Waals surface area contributed by atoms with Crippen LogP contribution in [-0.4, -0.2) is 32.7 Å². The molecule has 0 fully saturated rings. The monoisotopic (exact) mass is 492 g/mol. The molecule has 0 spiro atoms. The van der Waals surface area contributed by atoms with Gasteiger partial charge < -0.3 is 19.5 Å². The number of fused-ring (bicyclic) bond motifs is 1. The number of hydrogen-bond donors (Lipinski definition) is 1. The second-order valence-corrected chi connectivity index (χ2v) is 8.01. The summed E-state index contributed by atoms with van der Waals surface area (Å²) in [5.41, 5.74) is 7.93. The lowest BCUT2D eigenvalue weighted by Crippen LogP contribution is -2.31. The van der Waals surface area contributed by atoms with Gasteiger partial charge in [0.1, 0.15) is 23.0 Å². The number of halogens is 4. The van der Waals surface area contributed by atoms with Crippen molar-refractivity contribution in [1.29, 1.82) is 0 Å². The van der Waals surface area contributed by atoms with Crippen LogP contribution in [0.4, 0.5) is 13.2 Å². The molecule has 34 heavy (non-hydrogen) atoms. The van der Waals surface area contributed by atoms with Gasteiger partial charge in [0.25, 0.3) is 0 Å². The number of alkyl halides is 3. The Morgan fingerprint density at radius 3 is 2.74 bits per heavy atom. The van der Waals surface area contributed by atoms with Crippen LogP contribution in [0.2, 0.25) is 5.02 Å². The quantitative estimate of drug-likeness (QED) is 0.373. The normalized spacial score (nSPS) is 12.8. The first-order valence-corrected chi connectivity index (χ1v) is 10.7. The fourth-order valence-electron chi connectivity index (χ4n) is 3.52. The first-order valence-electron chi connectivity index (χ1n) is 10.3. The molecule has 4 rings (SSSR count). The molecule has 2 N–H and O–H groups in total. The average molecular weight is 493 g/mol. The zero-order chi connectivity index (χ0) is 24.6. The number of carbonyl (C=O) groups is 1. The lowest BCUT2D eigenvalue weighted by atomic mass is 10.1. The Hall–Kier alpha value is -3.53. The Balaban J connectivity index is 1.71. The Morgan fingerprint density at radius 1 is 1.32 bits per heavy atom. The topological polar surface area (TPSA) is 96.2 Å². The molecule has 0 radical (unpaired) electrons. The molecule has 0 aliphatic heterocycles. The summed E-state index contributed by atoms with van der Waals surface area (Å²) in [6.45, 7) is 2.83. The van der Waals surface area contributed by atoms with Crippen LogP contribution in [0.3, 0.4) is 0 Å². The fraction of sp³-hybridized carbons (Fsp3) is 0.261. The molecule has 1 amide bonds. The second-order valence-electron chi connectivity index (χ2n) is 7.61. The van der Waals surface area contributed by atoms with E-state index in [1.54, 1.807) is 10.8 Å². The van der Waals surface area contributed by atoms with Crippen molar-refractivity contribution in [1.82, 2.24) is 14.5 Å². The minimum absolute atomic E-state index is 0.0448. The van der Waals surface area contributed by atoms with E-state index in [2.05, 4.69) is 9.97 Å². The molecule has 0 saturated heterocycles. The lowest BCUT2D eigenvalue weighted by Gasteiger charge is -2.17. The molecule has 7 nitrogen and oxygen atoms in total. The SMILES string of the molecule is CCc1oc(-c2cnc(OC(C)C(F)(F)F)c(Cl)c2)nc1-c1cccc2c1ccn2CC(N)=O. The predicted molar refractivity (Wildman–Crippen MR) is 120 cm³/mol. The smallest absolute Gasteiger partial charge is 0.425 e. The highest BCUT2D eigenvalue weighted by atomic mass is 35.5. The van der Waals surface area contributed by atoms with Gasteiger partial charge in [-0.3, -0.25) is 4.79 Å². The van der Waals surface area contributed by atoms with E-state index < -0.39 is 18.2 Å². The average Bonchev–Trinajstić information content (AvgIpc) is 3.38. The Labute approximate surface area is 197 Å². The number of benzene rings is 1. The molecule has 1 aromatic carbocycles. The predicted octanol–water partition coefficient (Wildman–Crippen LogP) is 5.39. The number of ether oxygens (including phenoxy) is 1. The van der Waals surface area contributed by atoms with Gasteiger partial charge in [0, 0.05) is 35.3 Å². The van der Waals surface area contributed by atoms with Gasteiger partial charge in [0.15, 0.2) is 6.10 Å². The van der Waals surface area contributed by atoms with Crippen molar-refractivity contribution in [2.24, 2.45) is 5.73 Å². The van der Waals surface area contributed by atoms with Crippen molar-refractivity contribution >= 4 is 28.4 Å². The number of carbonyl (C=O) groups excluding carboxylic acids is 1. The van der Waals surface area contributed by atoms with Crippen molar-refractivity contribution < 1.29 is 27.1 Å². The third-order valence-corrected chi connectivity index (χ3v) is 5.49. The Kier molecular flexibility index (Phi) is 6.26. The number of aromatic nitrogens is 3. The maximum absolute atomic E-state index is 12.8. The molecule has 0 aliphatic carbocycles. The standard InChI is InChI=1S/C23H20ClF3N4O3/c1-3-18-20(15-5-4-6-17-14(15)7-8-31(17)11-19(28)32)30-21(34-18)13-9-16(24)22(29-10-13)33-12(2)23(25,26)27/h4-10,12H,3,11H2,1-2H3,(H2,28,32). The van der Waals surface area contributed by atoms with Crippen LogP contribution in [0, 0.1) is 0 Å². The van der Waals surface area contributed by atoms with E-state index >= 15 is 0 Å². The van der Waals surface area contributed by atoms with Gasteiger partial charge in [0.2, 0.25) is 17.7 Å². The summed E-state index contributed by atoms with van der Waals surface area (Å²) in [7, 11) is 0. The van der Waals surface area contributed by atoms with E-state index in [4.69, 9.17) is 26.5 Å². The molecule has 178 valence electrons. The lowest BCUT2D eigenvalue weighted by molar-refractivity contribution is -0.189. The number of nitrogens with zero attached hydrogens (tertiary/aromatic N) is 3. The van der Waals surface area contributed by atoms with Gasteiger partial charge in [0.05, 0.1) is 5.56 Å². The fourth-order valence-corrected chi connectivity index (χ4v) is 3.74. The number of rotatable bonds is 7. The second kappa shape index (κ2) is 9.02. The first kappa shape index (κ1) is 23.6. The third-order valence-electron chi connectivity index (χ3n) is 5.22. The number of nitrogens with two attached hydrogens (primary N) is 1. The van der Waals surface area contributed by atoms with Gasteiger partial charge >= 0.3 is 6.18 Å². The van der Waals surface area contributed by atoms with Crippen molar-refractivity contribution in [3.8, 4) is 28.6 Å². The van der Waals surface area contributed by atoms with Crippen LogP contribution in [-0.2, 0) is 17.8 Å². The van der Waals surface area contributed by atoms with Crippen molar-refractivity contribution in [2.45, 2.75) is 39.1 Å². The highest BCUT2D eigenvalue weighted by molar-refractivity contribution is 6.32. The maximum atomic E-state index is 12.8. The van der Waals surface area contributed by atoms with E-state index in [0.717, 1.165) is 23.4 Å². The molecule has 11 heteroatoms. The third kappa shape index (κ3) is 4.58. The van der Waals surface area contributed by atoms with E-state index in [1.165, 1.54) is 12.3 Å². The molecule has 0 saturated carbocycles. The summed E-state index contributed by atoms with van der Waals surface area (Å²) in [5, 5.41) is 0.761. The summed E-state index contributed by atoms with van der Waals surface area (Å²) in [4.78, 5) is 19.9. The van der Waals surface area contributed by atoms with Gasteiger partial charge in [-0.15, -0.1) is 0 Å². The highest BCUT2D eigenvalue weighted by Crippen LogP contribution is 2.36. The summed E-state index contributed by atoms with van der Waals surface area (Å²) >= 11 is 6.13. The largest absolute Gasteiger partial charge is 0.464 e. The summed E-state index contributed by atoms with van der Waals surface area (Å²) in [5.74, 6) is 0.0261. The van der Waals surface area contributed by atoms with Gasteiger partial charge in [-0.1, -0.05) is 30.7 Å². The molecule has 4 aromatic rings. The Bertz CT molecular complexity index is 1360. The van der Waals surface area contributed by atoms with Crippen LogP contribution >= 0.6 is 11.6 Å². The van der Waals surface area contributed by atoms with E-state index in [1.807, 2.05) is 31.2 Å². The maximum Gasteiger partial charge on any atom is 0.425 e. The number of amides is 1. The van der Waals surface area contributed by atoms with Crippen molar-refractivity contribution in [3.63, 3.8) is 0 Å². The van der Waals surface area contributed by atoms with Crippen molar-refractivity contribution in [3.05, 3.63) is 53.5 Å². The molecular formula is C23H20ClF3N4O3. The molecule has 3 heterocycles. The van der Waals surface area contributed by atoms with Crippen LogP contribution in [0.5, 0.6) is 5.88 Å². The molecular weight excluding hydrogens is 473 g/mol. The van der Waals surface area contributed by atoms with Crippen LogP contribution < -0.4 is 10.5 Å². The minimum atomic E-state index is -4.55. The number of aryl methyl sites for hydroxylation is 1. The first-order chi connectivity index (χ1) is 16.1. The van der Waals surface area contributed by atoms with Crippen LogP contribution in [0.1, 0.15) is 19.6 Å². The van der Waals surface area contributed by atoms with Gasteiger partial charge in [-0.05, 0) is 25.1 Å². The summed E-state index contributed by atoms with van der Waals surface area (Å²) in [6, 6.07) is 8.87. The van der Waals surface area contributed by atoms with Crippen molar-refractivity contribution in [2.75, 3.05) is 0 Å². The molecule has 0 aliphatic rings. The minimum Gasteiger partial charge on any atom is -0.464 e. The number of primary amides is 1. The van der Waals surface area contributed by atoms with Crippen LogP contribution in [0.15, 0.2) is 47.1 Å². The number of pyridine rings is 1. The van der Waals surface area contributed by atoms with E-state index in [9.17, 15) is 18.0 Å². The van der Waals surface area contributed by atoms with E-state index in [0.29, 0.717) is 23.4 Å². The summed E-state index contributed by atoms with van der Waals surface area (Å²) < 4.78 is 50.9. The molecule has 0 bridgehead atoms. The Morgan fingerprint density at radius 2 is 2.09 bits per heavy atom. The molecule has 1 unspecified atom stereocenters. The van der Waals surface area contributed by atoms with Gasteiger partial charge in [-0.25, -0.2) is 9.97 Å². The number of hydrogen-bond acceptors (Lipinski definition) is 5. The highest BCUT2D eigenvalue weighted by Gasteiger charge is 2.38. The molecule has 3 aromatic heterocycles. The zero-order valence-electron chi connectivity index (χ0n) is 18.2.